The van der Waals surface area contributed by atoms with Crippen LogP contribution in [0.25, 0.3) is 0 Å². The van der Waals surface area contributed by atoms with Gasteiger partial charge in [0.1, 0.15) is 0 Å². The number of carbonyl (C=O) groups excluding carboxylic acids is 1. The second-order valence-electron chi connectivity index (χ2n) is 5.05. The Kier molecular flexibility index (Phi) is 4.62. The number of nitrogens with one attached hydrogen (secondary N) is 2. The SMILES string of the molecule is CC1CCN(C(=O)NCC2CNCCO2)CC1. The van der Waals surface area contributed by atoms with Crippen molar-refractivity contribution in [3.05, 3.63) is 0 Å². The predicted molar refractivity (Wildman–Crippen MR) is 66.0 cm³/mol. The first-order valence-electron chi connectivity index (χ1n) is 6.61. The van der Waals surface area contributed by atoms with Gasteiger partial charge < -0.3 is 20.3 Å². The second kappa shape index (κ2) is 6.21. The number of rotatable bonds is 2. The fraction of sp³-hybridized carbons (Fsp3) is 0.917. The smallest absolute Gasteiger partial charge is 0.317 e. The molecule has 17 heavy (non-hydrogen) atoms. The van der Waals surface area contributed by atoms with E-state index in [1.54, 1.807) is 0 Å². The molecule has 0 bridgehead atoms. The van der Waals surface area contributed by atoms with Crippen LogP contribution in [0.1, 0.15) is 19.8 Å². The van der Waals surface area contributed by atoms with Crippen molar-refractivity contribution in [3.8, 4) is 0 Å². The molecule has 0 spiro atoms. The number of urea groups is 1. The number of piperidine rings is 1. The third-order valence-electron chi connectivity index (χ3n) is 3.56. The van der Waals surface area contributed by atoms with E-state index in [1.165, 1.54) is 0 Å². The van der Waals surface area contributed by atoms with Crippen LogP contribution in [-0.4, -0.2) is 56.4 Å². The van der Waals surface area contributed by atoms with Crippen molar-refractivity contribution in [2.45, 2.75) is 25.9 Å². The first kappa shape index (κ1) is 12.6. The Labute approximate surface area is 103 Å². The maximum absolute atomic E-state index is 11.9. The molecule has 2 aliphatic rings. The highest BCUT2D eigenvalue weighted by Crippen LogP contribution is 2.15. The van der Waals surface area contributed by atoms with Gasteiger partial charge in [0.2, 0.25) is 0 Å². The van der Waals surface area contributed by atoms with Gasteiger partial charge in [0.25, 0.3) is 0 Å². The first-order valence-corrected chi connectivity index (χ1v) is 6.61. The van der Waals surface area contributed by atoms with Gasteiger partial charge in [-0.3, -0.25) is 0 Å². The Morgan fingerprint density at radius 1 is 1.47 bits per heavy atom. The lowest BCUT2D eigenvalue weighted by Gasteiger charge is -2.31. The number of hydrogen-bond donors (Lipinski definition) is 2. The lowest BCUT2D eigenvalue weighted by molar-refractivity contribution is 0.0297. The van der Waals surface area contributed by atoms with Crippen LogP contribution < -0.4 is 10.6 Å². The molecule has 0 aliphatic carbocycles. The molecule has 0 aromatic rings. The van der Waals surface area contributed by atoms with Crippen LogP contribution in [0, 0.1) is 5.92 Å². The fourth-order valence-electron chi connectivity index (χ4n) is 2.28. The summed E-state index contributed by atoms with van der Waals surface area (Å²) in [6.45, 7) is 7.11. The molecule has 5 nitrogen and oxygen atoms in total. The molecule has 2 rings (SSSR count). The van der Waals surface area contributed by atoms with Gasteiger partial charge in [-0.15, -0.1) is 0 Å². The van der Waals surface area contributed by atoms with E-state index in [0.29, 0.717) is 6.54 Å². The van der Waals surface area contributed by atoms with Crippen LogP contribution in [0.3, 0.4) is 0 Å². The number of morpholine rings is 1. The van der Waals surface area contributed by atoms with E-state index in [4.69, 9.17) is 4.74 Å². The zero-order chi connectivity index (χ0) is 12.1. The molecule has 5 heteroatoms. The quantitative estimate of drug-likeness (QED) is 0.736. The van der Waals surface area contributed by atoms with E-state index in [-0.39, 0.29) is 12.1 Å². The second-order valence-corrected chi connectivity index (χ2v) is 5.05. The summed E-state index contributed by atoms with van der Waals surface area (Å²) in [5.74, 6) is 0.755. The fourth-order valence-corrected chi connectivity index (χ4v) is 2.28. The van der Waals surface area contributed by atoms with E-state index < -0.39 is 0 Å². The number of carbonyl (C=O) groups is 1. The average Bonchev–Trinajstić information content (AvgIpc) is 2.38. The van der Waals surface area contributed by atoms with Crippen molar-refractivity contribution in [1.82, 2.24) is 15.5 Å². The van der Waals surface area contributed by atoms with E-state index in [0.717, 1.165) is 51.5 Å². The first-order chi connectivity index (χ1) is 8.25. The van der Waals surface area contributed by atoms with Gasteiger partial charge >= 0.3 is 6.03 Å². The summed E-state index contributed by atoms with van der Waals surface area (Å²) in [6, 6.07) is 0.0612. The summed E-state index contributed by atoms with van der Waals surface area (Å²) in [4.78, 5) is 13.8. The highest BCUT2D eigenvalue weighted by atomic mass is 16.5. The molecule has 0 aromatic carbocycles. The van der Waals surface area contributed by atoms with Gasteiger partial charge in [-0.25, -0.2) is 4.79 Å². The largest absolute Gasteiger partial charge is 0.374 e. The molecule has 2 fully saturated rings. The molecule has 2 aliphatic heterocycles. The molecule has 1 atom stereocenters. The van der Waals surface area contributed by atoms with Crippen LogP contribution in [0.4, 0.5) is 4.79 Å². The van der Waals surface area contributed by atoms with Crippen molar-refractivity contribution in [3.63, 3.8) is 0 Å². The summed E-state index contributed by atoms with van der Waals surface area (Å²) in [6.07, 6.45) is 2.36. The summed E-state index contributed by atoms with van der Waals surface area (Å²) in [5, 5.41) is 6.21. The van der Waals surface area contributed by atoms with Crippen molar-refractivity contribution in [2.75, 3.05) is 39.3 Å². The zero-order valence-electron chi connectivity index (χ0n) is 10.6. The van der Waals surface area contributed by atoms with E-state index in [2.05, 4.69) is 17.6 Å². The van der Waals surface area contributed by atoms with Crippen molar-refractivity contribution in [1.29, 1.82) is 0 Å². The number of nitrogens with zero attached hydrogens (tertiary/aromatic N) is 1. The standard InChI is InChI=1S/C12H23N3O2/c1-10-2-5-15(6-3-10)12(16)14-9-11-8-13-4-7-17-11/h10-11,13H,2-9H2,1H3,(H,14,16). The van der Waals surface area contributed by atoms with Gasteiger partial charge in [-0.1, -0.05) is 6.92 Å². The van der Waals surface area contributed by atoms with Gasteiger partial charge in [-0.05, 0) is 18.8 Å². The number of amides is 2. The van der Waals surface area contributed by atoms with Gasteiger partial charge in [0.15, 0.2) is 0 Å². The molecule has 1 unspecified atom stereocenters. The predicted octanol–water partition coefficient (Wildman–Crippen LogP) is 0.416. The van der Waals surface area contributed by atoms with Crippen molar-refractivity contribution in [2.24, 2.45) is 5.92 Å². The zero-order valence-corrected chi connectivity index (χ0v) is 10.6. The lowest BCUT2D eigenvalue weighted by atomic mass is 10.00. The monoisotopic (exact) mass is 241 g/mol. The van der Waals surface area contributed by atoms with Crippen LogP contribution >= 0.6 is 0 Å². The third-order valence-corrected chi connectivity index (χ3v) is 3.56. The van der Waals surface area contributed by atoms with E-state index in [1.807, 2.05) is 4.90 Å². The maximum Gasteiger partial charge on any atom is 0.317 e. The summed E-state index contributed by atoms with van der Waals surface area (Å²) < 4.78 is 5.54. The molecule has 0 saturated carbocycles. The van der Waals surface area contributed by atoms with Crippen LogP contribution in [0.5, 0.6) is 0 Å². The molecular formula is C12H23N3O2. The molecular weight excluding hydrogens is 218 g/mol. The highest BCUT2D eigenvalue weighted by Gasteiger charge is 2.21. The van der Waals surface area contributed by atoms with E-state index in [9.17, 15) is 4.79 Å². The minimum absolute atomic E-state index is 0.0612. The maximum atomic E-state index is 11.9. The highest BCUT2D eigenvalue weighted by molar-refractivity contribution is 5.74. The summed E-state index contributed by atoms with van der Waals surface area (Å²) >= 11 is 0. The van der Waals surface area contributed by atoms with Gasteiger partial charge in [-0.2, -0.15) is 0 Å². The number of ether oxygens (including phenoxy) is 1. The third kappa shape index (κ3) is 3.85. The van der Waals surface area contributed by atoms with Crippen LogP contribution in [0.15, 0.2) is 0 Å². The van der Waals surface area contributed by atoms with Crippen LogP contribution in [0.2, 0.25) is 0 Å². The minimum Gasteiger partial charge on any atom is -0.374 e. The number of hydrogen-bond acceptors (Lipinski definition) is 3. The summed E-state index contributed by atoms with van der Waals surface area (Å²) in [5.41, 5.74) is 0. The molecule has 2 saturated heterocycles. The van der Waals surface area contributed by atoms with Crippen LogP contribution in [-0.2, 0) is 4.74 Å². The Balaban J connectivity index is 1.66. The Hall–Kier alpha value is -0.810. The average molecular weight is 241 g/mol. The molecule has 2 heterocycles. The van der Waals surface area contributed by atoms with Crippen molar-refractivity contribution >= 4 is 6.03 Å². The molecule has 0 radical (unpaired) electrons. The lowest BCUT2D eigenvalue weighted by Crippen LogP contribution is -2.49. The summed E-state index contributed by atoms with van der Waals surface area (Å²) in [7, 11) is 0. The van der Waals surface area contributed by atoms with Gasteiger partial charge in [0, 0.05) is 32.7 Å². The molecule has 98 valence electrons. The normalized spacial score (nSPS) is 26.9. The molecule has 2 amide bonds. The van der Waals surface area contributed by atoms with Crippen molar-refractivity contribution < 1.29 is 9.53 Å². The molecule has 0 aromatic heterocycles. The Morgan fingerprint density at radius 2 is 2.24 bits per heavy atom. The Morgan fingerprint density at radius 3 is 2.88 bits per heavy atom. The van der Waals surface area contributed by atoms with Gasteiger partial charge in [0.05, 0.1) is 12.7 Å². The number of likely N-dealkylation sites (tertiary alicyclic amines) is 1. The van der Waals surface area contributed by atoms with E-state index >= 15 is 0 Å². The molecule has 2 N–H and O–H groups in total. The minimum atomic E-state index is 0.0612. The topological polar surface area (TPSA) is 53.6 Å². The Bertz CT molecular complexity index is 246.